The summed E-state index contributed by atoms with van der Waals surface area (Å²) in [5.74, 6) is 2.50. The van der Waals surface area contributed by atoms with Gasteiger partial charge in [0.1, 0.15) is 22.2 Å². The van der Waals surface area contributed by atoms with E-state index in [0.29, 0.717) is 36.5 Å². The number of nitrogens with one attached hydrogen (secondary N) is 1. The summed E-state index contributed by atoms with van der Waals surface area (Å²) < 4.78 is 43.7. The van der Waals surface area contributed by atoms with E-state index in [0.717, 1.165) is 12.2 Å². The number of furan rings is 1. The number of methoxy groups -OCH3 is 1. The molecule has 2 fully saturated rings. The van der Waals surface area contributed by atoms with E-state index in [1.54, 1.807) is 12.1 Å². The molecule has 2 atom stereocenters. The highest BCUT2D eigenvalue weighted by Gasteiger charge is 2.36. The number of benzene rings is 1. The fourth-order valence-corrected chi connectivity index (χ4v) is 5.19. The Morgan fingerprint density at radius 3 is 2.65 bits per heavy atom. The van der Waals surface area contributed by atoms with Gasteiger partial charge in [0, 0.05) is 30.8 Å². The third-order valence-corrected chi connectivity index (χ3v) is 7.46. The van der Waals surface area contributed by atoms with Crippen molar-refractivity contribution >= 4 is 27.7 Å². The van der Waals surface area contributed by atoms with Gasteiger partial charge in [-0.25, -0.2) is 8.42 Å². The lowest BCUT2D eigenvalue weighted by atomic mass is 10.3. The first-order valence-electron chi connectivity index (χ1n) is 10.2. The zero-order valence-corrected chi connectivity index (χ0v) is 18.4. The summed E-state index contributed by atoms with van der Waals surface area (Å²) in [6.45, 7) is 3.41. The Bertz CT molecular complexity index is 1090. The number of anilines is 1. The number of carbonyl (C=O) groups is 1. The van der Waals surface area contributed by atoms with Gasteiger partial charge in [-0.05, 0) is 48.7 Å². The van der Waals surface area contributed by atoms with E-state index in [1.165, 1.54) is 29.6 Å². The minimum atomic E-state index is -3.78. The predicted octanol–water partition coefficient (Wildman–Crippen LogP) is 3.08. The molecule has 166 valence electrons. The Kier molecular flexibility index (Phi) is 6.17. The van der Waals surface area contributed by atoms with Crippen molar-refractivity contribution < 1.29 is 27.1 Å². The quantitative estimate of drug-likeness (QED) is 0.657. The molecule has 1 aromatic heterocycles. The highest BCUT2D eigenvalue weighted by atomic mass is 32.2. The van der Waals surface area contributed by atoms with Gasteiger partial charge in [0.15, 0.2) is 0 Å². The van der Waals surface area contributed by atoms with Crippen LogP contribution in [0, 0.1) is 5.92 Å². The molecule has 1 aliphatic heterocycles. The third kappa shape index (κ3) is 4.84. The van der Waals surface area contributed by atoms with Crippen molar-refractivity contribution in [2.75, 3.05) is 38.7 Å². The Morgan fingerprint density at radius 2 is 1.97 bits per heavy atom. The fraction of sp³-hybridized carbons (Fsp3) is 0.409. The van der Waals surface area contributed by atoms with Crippen LogP contribution in [0.5, 0.6) is 5.75 Å². The van der Waals surface area contributed by atoms with Crippen molar-refractivity contribution in [3.8, 4) is 5.75 Å². The second-order valence-electron chi connectivity index (χ2n) is 7.76. The zero-order valence-electron chi connectivity index (χ0n) is 17.5. The van der Waals surface area contributed by atoms with Crippen LogP contribution in [0.3, 0.4) is 0 Å². The Morgan fingerprint density at radius 1 is 1.23 bits per heavy atom. The maximum atomic E-state index is 13.1. The molecule has 2 unspecified atom stereocenters. The average Bonchev–Trinajstić information content (AvgIpc) is 3.32. The monoisotopic (exact) mass is 446 g/mol. The second kappa shape index (κ2) is 8.86. The van der Waals surface area contributed by atoms with Crippen molar-refractivity contribution in [1.82, 2.24) is 4.31 Å². The van der Waals surface area contributed by atoms with E-state index in [2.05, 4.69) is 12.2 Å². The van der Waals surface area contributed by atoms with Crippen LogP contribution in [0.4, 0.5) is 5.69 Å². The Labute approximate surface area is 181 Å². The summed E-state index contributed by atoms with van der Waals surface area (Å²) in [6, 6.07) is 8.32. The lowest BCUT2D eigenvalue weighted by molar-refractivity contribution is -0.111. The van der Waals surface area contributed by atoms with Gasteiger partial charge in [0.25, 0.3) is 0 Å². The molecule has 0 bridgehead atoms. The molecule has 8 nitrogen and oxygen atoms in total. The van der Waals surface area contributed by atoms with Crippen molar-refractivity contribution in [2.45, 2.75) is 24.2 Å². The molecule has 31 heavy (non-hydrogen) atoms. The number of nitrogens with zero attached hydrogens (tertiary/aromatic N) is 1. The predicted molar refractivity (Wildman–Crippen MR) is 115 cm³/mol. The Balaban J connectivity index is 1.47. The number of hydrogen-bond donors (Lipinski definition) is 1. The highest BCUT2D eigenvalue weighted by Crippen LogP contribution is 2.47. The SMILES string of the molecule is COc1ccc(NC(=O)C=Cc2ccc(C3CC3C)o2)cc1S(=O)(=O)N1CCOCC1. The van der Waals surface area contributed by atoms with E-state index in [1.807, 2.05) is 12.1 Å². The number of ether oxygens (including phenoxy) is 2. The molecular weight excluding hydrogens is 420 g/mol. The molecule has 0 spiro atoms. The van der Waals surface area contributed by atoms with Crippen LogP contribution in [0.15, 0.2) is 45.7 Å². The van der Waals surface area contributed by atoms with E-state index < -0.39 is 15.9 Å². The van der Waals surface area contributed by atoms with Gasteiger partial charge in [-0.2, -0.15) is 4.31 Å². The van der Waals surface area contributed by atoms with E-state index >= 15 is 0 Å². The van der Waals surface area contributed by atoms with Gasteiger partial charge in [-0.3, -0.25) is 4.79 Å². The molecule has 2 heterocycles. The van der Waals surface area contributed by atoms with Crippen molar-refractivity contribution in [3.63, 3.8) is 0 Å². The lowest BCUT2D eigenvalue weighted by Gasteiger charge is -2.26. The van der Waals surface area contributed by atoms with Crippen LogP contribution in [-0.2, 0) is 19.6 Å². The highest BCUT2D eigenvalue weighted by molar-refractivity contribution is 7.89. The lowest BCUT2D eigenvalue weighted by Crippen LogP contribution is -2.40. The summed E-state index contributed by atoms with van der Waals surface area (Å²) in [7, 11) is -2.37. The number of hydrogen-bond acceptors (Lipinski definition) is 6. The summed E-state index contributed by atoms with van der Waals surface area (Å²) in [5.41, 5.74) is 0.356. The van der Waals surface area contributed by atoms with Crippen LogP contribution in [-0.4, -0.2) is 52.0 Å². The Hall–Kier alpha value is -2.62. The van der Waals surface area contributed by atoms with Crippen LogP contribution in [0.25, 0.3) is 6.08 Å². The van der Waals surface area contributed by atoms with Gasteiger partial charge >= 0.3 is 0 Å². The fourth-order valence-electron chi connectivity index (χ4n) is 3.60. The number of amides is 1. The molecule has 1 saturated heterocycles. The number of rotatable bonds is 7. The van der Waals surface area contributed by atoms with E-state index in [4.69, 9.17) is 13.9 Å². The number of sulfonamides is 1. The summed E-state index contributed by atoms with van der Waals surface area (Å²) in [6.07, 6.45) is 4.09. The first-order valence-corrected chi connectivity index (χ1v) is 11.7. The third-order valence-electron chi connectivity index (χ3n) is 5.54. The van der Waals surface area contributed by atoms with Gasteiger partial charge in [0.05, 0.1) is 20.3 Å². The van der Waals surface area contributed by atoms with E-state index in [-0.39, 0.29) is 23.7 Å². The van der Waals surface area contributed by atoms with Crippen molar-refractivity contribution in [1.29, 1.82) is 0 Å². The van der Waals surface area contributed by atoms with Crippen molar-refractivity contribution in [2.24, 2.45) is 5.92 Å². The molecule has 1 amide bonds. The smallest absolute Gasteiger partial charge is 0.248 e. The summed E-state index contributed by atoms with van der Waals surface area (Å²) in [5, 5.41) is 2.70. The van der Waals surface area contributed by atoms with Gasteiger partial charge in [0.2, 0.25) is 15.9 Å². The molecule has 2 aromatic rings. The van der Waals surface area contributed by atoms with Crippen molar-refractivity contribution in [3.05, 3.63) is 47.9 Å². The molecule has 2 aliphatic rings. The molecule has 1 aromatic carbocycles. The standard InChI is InChI=1S/C22H26N2O6S/c1-15-13-18(15)19-7-4-17(30-19)5-8-22(25)23-16-3-6-20(28-2)21(14-16)31(26,27)24-9-11-29-12-10-24/h3-8,14-15,18H,9-13H2,1-2H3,(H,23,25). The summed E-state index contributed by atoms with van der Waals surface area (Å²) in [4.78, 5) is 12.4. The normalized spacial score (nSPS) is 21.9. The average molecular weight is 447 g/mol. The molecule has 1 aliphatic carbocycles. The maximum absolute atomic E-state index is 13.1. The largest absolute Gasteiger partial charge is 0.495 e. The molecule has 9 heteroatoms. The molecule has 4 rings (SSSR count). The zero-order chi connectivity index (χ0) is 22.0. The second-order valence-corrected chi connectivity index (χ2v) is 9.67. The first kappa shape index (κ1) is 21.6. The number of carbonyl (C=O) groups excluding carboxylic acids is 1. The molecule has 1 N–H and O–H groups in total. The van der Waals surface area contributed by atoms with Crippen LogP contribution in [0.2, 0.25) is 0 Å². The van der Waals surface area contributed by atoms with Gasteiger partial charge in [-0.1, -0.05) is 6.92 Å². The minimum absolute atomic E-state index is 0.00732. The molecule has 0 radical (unpaired) electrons. The topological polar surface area (TPSA) is 98.1 Å². The van der Waals surface area contributed by atoms with Crippen LogP contribution < -0.4 is 10.1 Å². The van der Waals surface area contributed by atoms with Crippen LogP contribution in [0.1, 0.15) is 30.8 Å². The van der Waals surface area contributed by atoms with E-state index in [9.17, 15) is 13.2 Å². The maximum Gasteiger partial charge on any atom is 0.248 e. The molecular formula is C22H26N2O6S. The summed E-state index contributed by atoms with van der Waals surface area (Å²) >= 11 is 0. The van der Waals surface area contributed by atoms with Crippen LogP contribution >= 0.6 is 0 Å². The molecule has 1 saturated carbocycles. The van der Waals surface area contributed by atoms with Gasteiger partial charge < -0.3 is 19.2 Å². The minimum Gasteiger partial charge on any atom is -0.495 e. The van der Waals surface area contributed by atoms with Gasteiger partial charge in [-0.15, -0.1) is 0 Å². The number of morpholine rings is 1. The first-order chi connectivity index (χ1) is 14.9.